The Kier molecular flexibility index (Phi) is 3.98. The number of nitrogens with two attached hydrogens (primary N) is 1. The van der Waals surface area contributed by atoms with Gasteiger partial charge in [0.2, 0.25) is 5.91 Å². The highest BCUT2D eigenvalue weighted by Gasteiger charge is 2.41. The van der Waals surface area contributed by atoms with E-state index in [-0.39, 0.29) is 11.7 Å². The Balaban J connectivity index is 1.58. The Hall–Kier alpha value is -1.42. The lowest BCUT2D eigenvalue weighted by Gasteiger charge is -2.28. The maximum absolute atomic E-state index is 12.9. The van der Waals surface area contributed by atoms with Crippen molar-refractivity contribution in [2.45, 2.75) is 44.1 Å². The number of amides is 1. The quantitative estimate of drug-likeness (QED) is 0.929. The van der Waals surface area contributed by atoms with Crippen molar-refractivity contribution < 1.29 is 9.18 Å². The molecule has 114 valence electrons. The second kappa shape index (κ2) is 5.76. The van der Waals surface area contributed by atoms with Crippen LogP contribution in [0.4, 0.5) is 4.39 Å². The number of carbonyl (C=O) groups excluding carboxylic acids is 1. The number of likely N-dealkylation sites (tertiary alicyclic amines) is 1. The van der Waals surface area contributed by atoms with Crippen molar-refractivity contribution in [3.63, 3.8) is 0 Å². The van der Waals surface area contributed by atoms with Crippen molar-refractivity contribution in [2.75, 3.05) is 13.1 Å². The van der Waals surface area contributed by atoms with Crippen LogP contribution in [0.2, 0.25) is 0 Å². The first-order valence-corrected chi connectivity index (χ1v) is 7.89. The summed E-state index contributed by atoms with van der Waals surface area (Å²) in [5, 5.41) is 0. The Morgan fingerprint density at radius 3 is 2.62 bits per heavy atom. The van der Waals surface area contributed by atoms with E-state index in [0.717, 1.165) is 57.2 Å². The molecule has 2 aliphatic rings. The molecule has 1 atom stereocenters. The molecular formula is C17H23FN2O. The molecule has 0 aromatic heterocycles. The predicted molar refractivity (Wildman–Crippen MR) is 80.2 cm³/mol. The van der Waals surface area contributed by atoms with Crippen LogP contribution in [0.3, 0.4) is 0 Å². The third-order valence-electron chi connectivity index (χ3n) is 4.93. The van der Waals surface area contributed by atoms with E-state index in [1.54, 1.807) is 0 Å². The van der Waals surface area contributed by atoms with Gasteiger partial charge in [-0.3, -0.25) is 4.79 Å². The molecule has 0 spiro atoms. The van der Waals surface area contributed by atoms with Gasteiger partial charge in [0.25, 0.3) is 0 Å². The van der Waals surface area contributed by atoms with Crippen LogP contribution in [-0.4, -0.2) is 29.4 Å². The highest BCUT2D eigenvalue weighted by molar-refractivity contribution is 5.86. The zero-order valence-electron chi connectivity index (χ0n) is 12.4. The largest absolute Gasteiger partial charge is 0.341 e. The monoisotopic (exact) mass is 290 g/mol. The molecular weight excluding hydrogens is 267 g/mol. The van der Waals surface area contributed by atoms with Crippen LogP contribution in [0.1, 0.15) is 37.7 Å². The van der Waals surface area contributed by atoms with Gasteiger partial charge in [-0.1, -0.05) is 25.0 Å². The van der Waals surface area contributed by atoms with Crippen molar-refractivity contribution >= 4 is 5.91 Å². The smallest absolute Gasteiger partial charge is 0.242 e. The molecule has 2 fully saturated rings. The zero-order valence-corrected chi connectivity index (χ0v) is 12.4. The molecule has 0 bridgehead atoms. The Morgan fingerprint density at radius 2 is 1.95 bits per heavy atom. The zero-order chi connectivity index (χ0) is 14.9. The van der Waals surface area contributed by atoms with E-state index < -0.39 is 5.54 Å². The second-order valence-electron chi connectivity index (χ2n) is 6.60. The summed E-state index contributed by atoms with van der Waals surface area (Å²) in [4.78, 5) is 14.5. The third-order valence-corrected chi connectivity index (χ3v) is 4.93. The number of nitrogens with zero attached hydrogens (tertiary/aromatic N) is 1. The van der Waals surface area contributed by atoms with E-state index in [0.29, 0.717) is 5.92 Å². The molecule has 1 unspecified atom stereocenters. The predicted octanol–water partition coefficient (Wildman–Crippen LogP) is 2.49. The van der Waals surface area contributed by atoms with Gasteiger partial charge in [0.1, 0.15) is 5.82 Å². The van der Waals surface area contributed by atoms with Crippen LogP contribution >= 0.6 is 0 Å². The number of benzene rings is 1. The highest BCUT2D eigenvalue weighted by Crippen LogP contribution is 2.31. The topological polar surface area (TPSA) is 46.3 Å². The molecule has 1 aromatic rings. The summed E-state index contributed by atoms with van der Waals surface area (Å²) >= 11 is 0. The van der Waals surface area contributed by atoms with Crippen molar-refractivity contribution in [1.82, 2.24) is 4.90 Å². The van der Waals surface area contributed by atoms with Crippen LogP contribution in [0.15, 0.2) is 24.3 Å². The number of carbonyl (C=O) groups is 1. The van der Waals surface area contributed by atoms with Crippen LogP contribution in [0.25, 0.3) is 0 Å². The molecule has 1 saturated heterocycles. The van der Waals surface area contributed by atoms with Gasteiger partial charge < -0.3 is 10.6 Å². The summed E-state index contributed by atoms with van der Waals surface area (Å²) in [7, 11) is 0. The first-order chi connectivity index (χ1) is 10.1. The van der Waals surface area contributed by atoms with Crippen LogP contribution in [0, 0.1) is 11.7 Å². The van der Waals surface area contributed by atoms with Gasteiger partial charge in [-0.15, -0.1) is 0 Å². The molecule has 1 saturated carbocycles. The fourth-order valence-corrected chi connectivity index (χ4v) is 3.67. The van der Waals surface area contributed by atoms with Gasteiger partial charge in [-0.2, -0.15) is 0 Å². The van der Waals surface area contributed by atoms with E-state index in [9.17, 15) is 9.18 Å². The van der Waals surface area contributed by atoms with Gasteiger partial charge in [0.15, 0.2) is 0 Å². The van der Waals surface area contributed by atoms with Crippen LogP contribution in [-0.2, 0) is 11.2 Å². The van der Waals surface area contributed by atoms with Crippen LogP contribution < -0.4 is 5.73 Å². The summed E-state index contributed by atoms with van der Waals surface area (Å²) in [5.41, 5.74) is 6.80. The molecule has 3 nitrogen and oxygen atoms in total. The maximum Gasteiger partial charge on any atom is 0.242 e. The molecule has 1 aliphatic carbocycles. The lowest BCUT2D eigenvalue weighted by atomic mass is 9.97. The standard InChI is InChI=1S/C17H23FN2O/c18-15-5-3-13(4-6-15)11-14-7-10-20(12-14)16(21)17(19)8-1-2-9-17/h3-6,14H,1-2,7-12,19H2. The minimum Gasteiger partial charge on any atom is -0.341 e. The SMILES string of the molecule is NC1(C(=O)N2CCC(Cc3ccc(F)cc3)C2)CCCC1. The lowest BCUT2D eigenvalue weighted by molar-refractivity contribution is -0.135. The molecule has 4 heteroatoms. The summed E-state index contributed by atoms with van der Waals surface area (Å²) in [5.74, 6) is 0.402. The summed E-state index contributed by atoms with van der Waals surface area (Å²) in [6, 6.07) is 6.67. The Labute approximate surface area is 125 Å². The fourth-order valence-electron chi connectivity index (χ4n) is 3.67. The van der Waals surface area contributed by atoms with Gasteiger partial charge >= 0.3 is 0 Å². The summed E-state index contributed by atoms with van der Waals surface area (Å²) in [6.45, 7) is 1.60. The van der Waals surface area contributed by atoms with Crippen molar-refractivity contribution in [2.24, 2.45) is 11.7 Å². The van der Waals surface area contributed by atoms with E-state index in [1.807, 2.05) is 17.0 Å². The molecule has 1 heterocycles. The number of hydrogen-bond donors (Lipinski definition) is 1. The average Bonchev–Trinajstić information content (AvgIpc) is 3.11. The lowest BCUT2D eigenvalue weighted by Crippen LogP contribution is -2.52. The Morgan fingerprint density at radius 1 is 1.29 bits per heavy atom. The van der Waals surface area contributed by atoms with E-state index in [2.05, 4.69) is 0 Å². The molecule has 1 amide bonds. The molecule has 3 rings (SSSR count). The van der Waals surface area contributed by atoms with Gasteiger partial charge in [-0.05, 0) is 49.3 Å². The number of rotatable bonds is 3. The van der Waals surface area contributed by atoms with E-state index in [1.165, 1.54) is 12.1 Å². The molecule has 1 aromatic carbocycles. The van der Waals surface area contributed by atoms with E-state index >= 15 is 0 Å². The molecule has 2 N–H and O–H groups in total. The van der Waals surface area contributed by atoms with E-state index in [4.69, 9.17) is 5.73 Å². The minimum atomic E-state index is -0.606. The molecule has 0 radical (unpaired) electrons. The second-order valence-corrected chi connectivity index (χ2v) is 6.60. The first-order valence-electron chi connectivity index (χ1n) is 7.89. The van der Waals surface area contributed by atoms with Gasteiger partial charge in [0.05, 0.1) is 5.54 Å². The summed E-state index contributed by atoms with van der Waals surface area (Å²) < 4.78 is 12.9. The third kappa shape index (κ3) is 3.10. The van der Waals surface area contributed by atoms with Crippen molar-refractivity contribution in [1.29, 1.82) is 0 Å². The number of hydrogen-bond acceptors (Lipinski definition) is 2. The summed E-state index contributed by atoms with van der Waals surface area (Å²) in [6.07, 6.45) is 5.70. The first kappa shape index (κ1) is 14.5. The highest BCUT2D eigenvalue weighted by atomic mass is 19.1. The van der Waals surface area contributed by atoms with Crippen molar-refractivity contribution in [3.8, 4) is 0 Å². The minimum absolute atomic E-state index is 0.140. The molecule has 1 aliphatic heterocycles. The molecule has 21 heavy (non-hydrogen) atoms. The van der Waals surface area contributed by atoms with Crippen LogP contribution in [0.5, 0.6) is 0 Å². The maximum atomic E-state index is 12.9. The Bertz CT molecular complexity index is 508. The normalized spacial score (nSPS) is 24.5. The number of halogens is 1. The van der Waals surface area contributed by atoms with Crippen molar-refractivity contribution in [3.05, 3.63) is 35.6 Å². The fraction of sp³-hybridized carbons (Fsp3) is 0.588. The average molecular weight is 290 g/mol. The van der Waals surface area contributed by atoms with Gasteiger partial charge in [0, 0.05) is 13.1 Å². The van der Waals surface area contributed by atoms with Gasteiger partial charge in [-0.25, -0.2) is 4.39 Å².